The normalized spacial score (nSPS) is 13.0. The van der Waals surface area contributed by atoms with Crippen molar-refractivity contribution in [3.05, 3.63) is 33.8 Å². The van der Waals surface area contributed by atoms with E-state index in [-0.39, 0.29) is 10.5 Å². The summed E-state index contributed by atoms with van der Waals surface area (Å²) in [5.74, 6) is -1.74. The molecule has 0 saturated heterocycles. The molecule has 1 atom stereocenters. The third kappa shape index (κ3) is 2.06. The maximum Gasteiger partial charge on any atom is 0.173 e. The Morgan fingerprint density at radius 2 is 2.08 bits per heavy atom. The quantitative estimate of drug-likeness (QED) is 0.801. The lowest BCUT2D eigenvalue weighted by Gasteiger charge is -2.11. The Kier molecular flexibility index (Phi) is 3.39. The van der Waals surface area contributed by atoms with Gasteiger partial charge in [-0.1, -0.05) is 13.0 Å². The average Bonchev–Trinajstić information content (AvgIpc) is 2.13. The first-order valence-corrected chi connectivity index (χ1v) is 4.76. The van der Waals surface area contributed by atoms with Gasteiger partial charge in [-0.25, -0.2) is 8.78 Å². The first-order chi connectivity index (χ1) is 6.07. The molecule has 0 aliphatic carbocycles. The summed E-state index contributed by atoms with van der Waals surface area (Å²) in [4.78, 5) is 0. The molecule has 0 spiro atoms. The summed E-state index contributed by atoms with van der Waals surface area (Å²) < 4.78 is 25.8. The van der Waals surface area contributed by atoms with E-state index in [0.717, 1.165) is 6.07 Å². The van der Waals surface area contributed by atoms with Gasteiger partial charge in [0.05, 0.1) is 4.47 Å². The predicted molar refractivity (Wildman–Crippen MR) is 51.3 cm³/mol. The van der Waals surface area contributed by atoms with E-state index in [1.54, 1.807) is 0 Å². The molecule has 0 heterocycles. The van der Waals surface area contributed by atoms with E-state index in [4.69, 9.17) is 5.73 Å². The van der Waals surface area contributed by atoms with E-state index in [0.29, 0.717) is 12.0 Å². The monoisotopic (exact) mass is 249 g/mol. The Morgan fingerprint density at radius 3 is 2.62 bits per heavy atom. The lowest BCUT2D eigenvalue weighted by molar-refractivity contribution is 0.499. The fourth-order valence-electron chi connectivity index (χ4n) is 1.05. The van der Waals surface area contributed by atoms with Crippen molar-refractivity contribution in [2.75, 3.05) is 0 Å². The summed E-state index contributed by atoms with van der Waals surface area (Å²) in [6.07, 6.45) is 0.684. The third-order valence-electron chi connectivity index (χ3n) is 1.90. The lowest BCUT2D eigenvalue weighted by atomic mass is 10.1. The summed E-state index contributed by atoms with van der Waals surface area (Å²) in [5, 5.41) is 0. The van der Waals surface area contributed by atoms with E-state index in [2.05, 4.69) is 15.9 Å². The van der Waals surface area contributed by atoms with Gasteiger partial charge < -0.3 is 5.73 Å². The molecule has 0 radical (unpaired) electrons. The Hall–Kier alpha value is -0.480. The van der Waals surface area contributed by atoms with Gasteiger partial charge in [-0.2, -0.15) is 0 Å². The molecule has 0 aromatic heterocycles. The molecule has 13 heavy (non-hydrogen) atoms. The van der Waals surface area contributed by atoms with Crippen LogP contribution in [-0.2, 0) is 0 Å². The number of hydrogen-bond acceptors (Lipinski definition) is 1. The smallest absolute Gasteiger partial charge is 0.173 e. The molecule has 72 valence electrons. The fourth-order valence-corrected chi connectivity index (χ4v) is 1.66. The third-order valence-corrected chi connectivity index (χ3v) is 2.71. The zero-order chi connectivity index (χ0) is 10.0. The summed E-state index contributed by atoms with van der Waals surface area (Å²) >= 11 is 2.98. The zero-order valence-corrected chi connectivity index (χ0v) is 8.74. The molecule has 4 heteroatoms. The Balaban J connectivity index is 3.18. The molecule has 0 amide bonds. The van der Waals surface area contributed by atoms with Crippen molar-refractivity contribution in [2.24, 2.45) is 5.73 Å². The second-order valence-electron chi connectivity index (χ2n) is 2.78. The molecule has 0 bridgehead atoms. The average molecular weight is 250 g/mol. The molecule has 0 aliphatic heterocycles. The van der Waals surface area contributed by atoms with E-state index in [1.165, 1.54) is 6.07 Å². The zero-order valence-electron chi connectivity index (χ0n) is 7.15. The molecular formula is C9H10BrF2N. The predicted octanol–water partition coefficient (Wildman–Crippen LogP) is 3.14. The number of rotatable bonds is 2. The van der Waals surface area contributed by atoms with E-state index >= 15 is 0 Å². The van der Waals surface area contributed by atoms with Crippen LogP contribution in [0.2, 0.25) is 0 Å². The SMILES string of the molecule is CCC(N)c1ccc(F)c(F)c1Br. The largest absolute Gasteiger partial charge is 0.324 e. The van der Waals surface area contributed by atoms with E-state index in [9.17, 15) is 8.78 Å². The van der Waals surface area contributed by atoms with E-state index < -0.39 is 11.6 Å². The molecule has 2 N–H and O–H groups in total. The van der Waals surface area contributed by atoms with Gasteiger partial charge in [0.1, 0.15) is 0 Å². The van der Waals surface area contributed by atoms with Crippen molar-refractivity contribution in [3.8, 4) is 0 Å². The summed E-state index contributed by atoms with van der Waals surface area (Å²) in [7, 11) is 0. The fraction of sp³-hybridized carbons (Fsp3) is 0.333. The Labute approximate surface area is 84.1 Å². The Morgan fingerprint density at radius 1 is 1.46 bits per heavy atom. The van der Waals surface area contributed by atoms with Crippen molar-refractivity contribution < 1.29 is 8.78 Å². The summed E-state index contributed by atoms with van der Waals surface area (Å²) in [5.41, 5.74) is 6.29. The topological polar surface area (TPSA) is 26.0 Å². The van der Waals surface area contributed by atoms with E-state index in [1.807, 2.05) is 6.92 Å². The van der Waals surface area contributed by atoms with Gasteiger partial charge >= 0.3 is 0 Å². The van der Waals surface area contributed by atoms with Gasteiger partial charge in [-0.15, -0.1) is 0 Å². The maximum absolute atomic E-state index is 13.0. The van der Waals surface area contributed by atoms with Crippen LogP contribution in [-0.4, -0.2) is 0 Å². The molecule has 1 aromatic carbocycles. The molecule has 0 saturated carbocycles. The summed E-state index contributed by atoms with van der Waals surface area (Å²) in [6, 6.07) is 2.33. The molecule has 1 rings (SSSR count). The van der Waals surface area contributed by atoms with Crippen LogP contribution in [0.5, 0.6) is 0 Å². The highest BCUT2D eigenvalue weighted by atomic mass is 79.9. The minimum Gasteiger partial charge on any atom is -0.324 e. The van der Waals surface area contributed by atoms with Gasteiger partial charge in [-0.05, 0) is 34.0 Å². The van der Waals surface area contributed by atoms with Crippen LogP contribution in [0.25, 0.3) is 0 Å². The maximum atomic E-state index is 13.0. The number of halogens is 3. The van der Waals surface area contributed by atoms with Crippen LogP contribution < -0.4 is 5.73 Å². The van der Waals surface area contributed by atoms with Gasteiger partial charge in [0.25, 0.3) is 0 Å². The second kappa shape index (κ2) is 4.15. The first kappa shape index (κ1) is 10.6. The minimum absolute atomic E-state index is 0.127. The van der Waals surface area contributed by atoms with Crippen LogP contribution in [0.1, 0.15) is 24.9 Å². The van der Waals surface area contributed by atoms with Crippen molar-refractivity contribution >= 4 is 15.9 Å². The molecule has 1 unspecified atom stereocenters. The first-order valence-electron chi connectivity index (χ1n) is 3.96. The van der Waals surface area contributed by atoms with Gasteiger partial charge in [-0.3, -0.25) is 0 Å². The molecule has 0 fully saturated rings. The number of hydrogen-bond donors (Lipinski definition) is 1. The van der Waals surface area contributed by atoms with Crippen molar-refractivity contribution in [1.29, 1.82) is 0 Å². The van der Waals surface area contributed by atoms with Crippen LogP contribution in [0.4, 0.5) is 8.78 Å². The van der Waals surface area contributed by atoms with Crippen LogP contribution in [0.3, 0.4) is 0 Å². The molecule has 0 aliphatic rings. The van der Waals surface area contributed by atoms with Crippen molar-refractivity contribution in [2.45, 2.75) is 19.4 Å². The highest BCUT2D eigenvalue weighted by molar-refractivity contribution is 9.10. The standard InChI is InChI=1S/C9H10BrF2N/c1-2-7(13)5-3-4-6(11)9(12)8(5)10/h3-4,7H,2,13H2,1H3. The number of nitrogens with two attached hydrogens (primary N) is 1. The lowest BCUT2D eigenvalue weighted by Crippen LogP contribution is -2.10. The summed E-state index contributed by atoms with van der Waals surface area (Å²) in [6.45, 7) is 1.89. The van der Waals surface area contributed by atoms with Gasteiger partial charge in [0.2, 0.25) is 0 Å². The minimum atomic E-state index is -0.874. The highest BCUT2D eigenvalue weighted by Gasteiger charge is 2.14. The Bertz CT molecular complexity index is 315. The van der Waals surface area contributed by atoms with Crippen LogP contribution >= 0.6 is 15.9 Å². The van der Waals surface area contributed by atoms with Crippen LogP contribution in [0.15, 0.2) is 16.6 Å². The second-order valence-corrected chi connectivity index (χ2v) is 3.57. The highest BCUT2D eigenvalue weighted by Crippen LogP contribution is 2.27. The number of benzene rings is 1. The van der Waals surface area contributed by atoms with Gasteiger partial charge in [0.15, 0.2) is 11.6 Å². The van der Waals surface area contributed by atoms with Crippen molar-refractivity contribution in [3.63, 3.8) is 0 Å². The van der Waals surface area contributed by atoms with Crippen LogP contribution in [0, 0.1) is 11.6 Å². The van der Waals surface area contributed by atoms with Crippen molar-refractivity contribution in [1.82, 2.24) is 0 Å². The molecule has 1 nitrogen and oxygen atoms in total. The molecule has 1 aromatic rings. The molecular weight excluding hydrogens is 240 g/mol. The van der Waals surface area contributed by atoms with Gasteiger partial charge in [0, 0.05) is 6.04 Å².